The minimum atomic E-state index is -4.74. The summed E-state index contributed by atoms with van der Waals surface area (Å²) < 4.78 is 45.9. The summed E-state index contributed by atoms with van der Waals surface area (Å²) in [6.07, 6.45) is -3.74. The van der Waals surface area contributed by atoms with Crippen molar-refractivity contribution in [2.75, 3.05) is 19.7 Å². The van der Waals surface area contributed by atoms with Crippen LogP contribution in [-0.2, 0) is 0 Å². The van der Waals surface area contributed by atoms with E-state index >= 15 is 0 Å². The lowest BCUT2D eigenvalue weighted by Gasteiger charge is -2.14. The van der Waals surface area contributed by atoms with E-state index in [4.69, 9.17) is 4.74 Å². The number of ether oxygens (including phenoxy) is 2. The van der Waals surface area contributed by atoms with Crippen molar-refractivity contribution in [2.45, 2.75) is 19.7 Å². The minimum absolute atomic E-state index is 0.0430. The molecule has 0 aliphatic carbocycles. The Morgan fingerprint density at radius 1 is 1.25 bits per heavy atom. The molecule has 6 heteroatoms. The minimum Gasteiger partial charge on any atom is -0.485 e. The zero-order chi connectivity index (χ0) is 15.0. The van der Waals surface area contributed by atoms with Gasteiger partial charge in [-0.05, 0) is 30.7 Å². The van der Waals surface area contributed by atoms with Crippen LogP contribution in [0.2, 0.25) is 0 Å². The molecule has 0 saturated heterocycles. The second kappa shape index (κ2) is 7.79. The van der Waals surface area contributed by atoms with Crippen LogP contribution >= 0.6 is 0 Å². The van der Waals surface area contributed by atoms with Crippen LogP contribution < -0.4 is 14.8 Å². The standard InChI is InChI=1S/C14H18F3NO2/c1-3-8-18-9-11(2)10-19-12-6-4-5-7-13(12)20-14(15,16)17/h4-7,18H,2-3,8-10H2,1H3. The van der Waals surface area contributed by atoms with Crippen LogP contribution in [0.1, 0.15) is 13.3 Å². The predicted octanol–water partition coefficient (Wildman–Crippen LogP) is 3.52. The van der Waals surface area contributed by atoms with Gasteiger partial charge in [0.2, 0.25) is 0 Å². The van der Waals surface area contributed by atoms with E-state index in [1.54, 1.807) is 6.07 Å². The van der Waals surface area contributed by atoms with E-state index in [0.29, 0.717) is 6.54 Å². The highest BCUT2D eigenvalue weighted by molar-refractivity contribution is 5.39. The van der Waals surface area contributed by atoms with Crippen molar-refractivity contribution in [3.8, 4) is 11.5 Å². The van der Waals surface area contributed by atoms with Gasteiger partial charge >= 0.3 is 6.36 Å². The highest BCUT2D eigenvalue weighted by atomic mass is 19.4. The number of nitrogens with one attached hydrogen (secondary N) is 1. The fourth-order valence-corrected chi connectivity index (χ4v) is 1.45. The lowest BCUT2D eigenvalue weighted by molar-refractivity contribution is -0.275. The molecule has 0 amide bonds. The zero-order valence-corrected chi connectivity index (χ0v) is 11.3. The molecule has 0 fully saturated rings. The molecule has 0 aromatic heterocycles. The first-order chi connectivity index (χ1) is 9.42. The Kier molecular flexibility index (Phi) is 6.38. The van der Waals surface area contributed by atoms with E-state index < -0.39 is 6.36 Å². The van der Waals surface area contributed by atoms with Crippen LogP contribution in [-0.4, -0.2) is 26.1 Å². The molecule has 1 N–H and O–H groups in total. The van der Waals surface area contributed by atoms with Gasteiger partial charge in [0.15, 0.2) is 11.5 Å². The number of benzene rings is 1. The Labute approximate surface area is 116 Å². The van der Waals surface area contributed by atoms with Crippen molar-refractivity contribution in [3.63, 3.8) is 0 Å². The van der Waals surface area contributed by atoms with Crippen LogP contribution in [0.15, 0.2) is 36.4 Å². The molecule has 3 nitrogen and oxygen atoms in total. The highest BCUT2D eigenvalue weighted by Crippen LogP contribution is 2.31. The third-order valence-electron chi connectivity index (χ3n) is 2.31. The molecule has 1 aromatic carbocycles. The molecule has 112 valence electrons. The Bertz CT molecular complexity index is 433. The van der Waals surface area contributed by atoms with Gasteiger partial charge in [0, 0.05) is 6.54 Å². The van der Waals surface area contributed by atoms with E-state index in [2.05, 4.69) is 16.6 Å². The molecule has 0 atom stereocenters. The maximum Gasteiger partial charge on any atom is 0.573 e. The Hall–Kier alpha value is -1.69. The van der Waals surface area contributed by atoms with Crippen LogP contribution in [0.3, 0.4) is 0 Å². The third-order valence-corrected chi connectivity index (χ3v) is 2.31. The lowest BCUT2D eigenvalue weighted by atomic mass is 10.3. The van der Waals surface area contributed by atoms with Gasteiger partial charge in [-0.3, -0.25) is 0 Å². The second-order valence-electron chi connectivity index (χ2n) is 4.21. The SMILES string of the molecule is C=C(CNCCC)COc1ccccc1OC(F)(F)F. The summed E-state index contributed by atoms with van der Waals surface area (Å²) in [4.78, 5) is 0. The number of hydrogen-bond donors (Lipinski definition) is 1. The van der Waals surface area contributed by atoms with Gasteiger partial charge in [-0.15, -0.1) is 13.2 Å². The summed E-state index contributed by atoms with van der Waals surface area (Å²) in [5.74, 6) is -0.309. The maximum absolute atomic E-state index is 12.2. The normalized spacial score (nSPS) is 11.2. The van der Waals surface area contributed by atoms with E-state index in [1.165, 1.54) is 18.2 Å². The van der Waals surface area contributed by atoms with E-state index in [9.17, 15) is 13.2 Å². The Morgan fingerprint density at radius 3 is 2.50 bits per heavy atom. The third kappa shape index (κ3) is 6.47. The molecule has 20 heavy (non-hydrogen) atoms. The van der Waals surface area contributed by atoms with Crippen molar-refractivity contribution in [1.82, 2.24) is 5.32 Å². The number of rotatable bonds is 8. The Balaban J connectivity index is 2.53. The topological polar surface area (TPSA) is 30.5 Å². The number of hydrogen-bond acceptors (Lipinski definition) is 3. The quantitative estimate of drug-likeness (QED) is 0.586. The summed E-state index contributed by atoms with van der Waals surface area (Å²) in [5, 5.41) is 3.13. The van der Waals surface area contributed by atoms with Crippen LogP contribution in [0, 0.1) is 0 Å². The molecule has 0 heterocycles. The first kappa shape index (κ1) is 16.4. The van der Waals surface area contributed by atoms with E-state index in [1.807, 2.05) is 6.92 Å². The number of para-hydroxylation sites is 2. The highest BCUT2D eigenvalue weighted by Gasteiger charge is 2.32. The van der Waals surface area contributed by atoms with Crippen LogP contribution in [0.4, 0.5) is 13.2 Å². The molecule has 1 aromatic rings. The van der Waals surface area contributed by atoms with Gasteiger partial charge in [-0.25, -0.2) is 0 Å². The van der Waals surface area contributed by atoms with E-state index in [-0.39, 0.29) is 18.1 Å². The monoisotopic (exact) mass is 289 g/mol. The van der Waals surface area contributed by atoms with Gasteiger partial charge in [0.1, 0.15) is 6.61 Å². The van der Waals surface area contributed by atoms with Crippen LogP contribution in [0.25, 0.3) is 0 Å². The zero-order valence-electron chi connectivity index (χ0n) is 11.3. The van der Waals surface area contributed by atoms with Gasteiger partial charge < -0.3 is 14.8 Å². The van der Waals surface area contributed by atoms with Crippen LogP contribution in [0.5, 0.6) is 11.5 Å². The molecule has 0 aliphatic heterocycles. The molecular weight excluding hydrogens is 271 g/mol. The average Bonchev–Trinajstić information content (AvgIpc) is 2.36. The predicted molar refractivity (Wildman–Crippen MR) is 70.9 cm³/mol. The lowest BCUT2D eigenvalue weighted by Crippen LogP contribution is -2.21. The first-order valence-corrected chi connectivity index (χ1v) is 6.27. The largest absolute Gasteiger partial charge is 0.573 e. The molecule has 0 aliphatic rings. The molecule has 0 radical (unpaired) electrons. The first-order valence-electron chi connectivity index (χ1n) is 6.27. The van der Waals surface area contributed by atoms with Gasteiger partial charge in [-0.1, -0.05) is 25.6 Å². The molecule has 1 rings (SSSR count). The molecule has 0 unspecified atom stereocenters. The fourth-order valence-electron chi connectivity index (χ4n) is 1.45. The van der Waals surface area contributed by atoms with Crippen molar-refractivity contribution in [2.24, 2.45) is 0 Å². The van der Waals surface area contributed by atoms with E-state index in [0.717, 1.165) is 18.5 Å². The molecular formula is C14H18F3NO2. The average molecular weight is 289 g/mol. The second-order valence-corrected chi connectivity index (χ2v) is 4.21. The number of halogens is 3. The van der Waals surface area contributed by atoms with Crippen molar-refractivity contribution >= 4 is 0 Å². The summed E-state index contributed by atoms with van der Waals surface area (Å²) in [7, 11) is 0. The molecule has 0 saturated carbocycles. The van der Waals surface area contributed by atoms with Crippen molar-refractivity contribution < 1.29 is 22.6 Å². The molecule has 0 bridgehead atoms. The molecule has 0 spiro atoms. The Morgan fingerprint density at radius 2 is 1.90 bits per heavy atom. The van der Waals surface area contributed by atoms with Gasteiger partial charge in [0.25, 0.3) is 0 Å². The summed E-state index contributed by atoms with van der Waals surface area (Å²) in [6.45, 7) is 7.39. The summed E-state index contributed by atoms with van der Waals surface area (Å²) in [5.41, 5.74) is 0.750. The van der Waals surface area contributed by atoms with Gasteiger partial charge in [0.05, 0.1) is 0 Å². The van der Waals surface area contributed by atoms with Crippen molar-refractivity contribution in [1.29, 1.82) is 0 Å². The summed E-state index contributed by atoms with van der Waals surface area (Å²) in [6, 6.07) is 5.66. The smallest absolute Gasteiger partial charge is 0.485 e. The number of alkyl halides is 3. The fraction of sp³-hybridized carbons (Fsp3) is 0.429. The van der Waals surface area contributed by atoms with Crippen molar-refractivity contribution in [3.05, 3.63) is 36.4 Å². The van der Waals surface area contributed by atoms with Gasteiger partial charge in [-0.2, -0.15) is 0 Å². The summed E-state index contributed by atoms with van der Waals surface area (Å²) >= 11 is 0. The maximum atomic E-state index is 12.2.